The van der Waals surface area contributed by atoms with Crippen LogP contribution < -0.4 is 10.5 Å². The van der Waals surface area contributed by atoms with Gasteiger partial charge in [0.05, 0.1) is 6.61 Å². The molecular weight excluding hydrogens is 277 g/mol. The summed E-state index contributed by atoms with van der Waals surface area (Å²) in [5.74, 6) is 0.617. The van der Waals surface area contributed by atoms with E-state index in [9.17, 15) is 4.39 Å². The van der Waals surface area contributed by atoms with Crippen molar-refractivity contribution >= 4 is 11.6 Å². The first-order chi connectivity index (χ1) is 9.63. The molecule has 4 heteroatoms. The maximum Gasteiger partial charge on any atom is 0.125 e. The van der Waals surface area contributed by atoms with E-state index in [1.807, 2.05) is 18.2 Å². The normalized spacial score (nSPS) is 14.8. The highest BCUT2D eigenvalue weighted by atomic mass is 35.5. The quantitative estimate of drug-likeness (QED) is 0.937. The molecule has 1 atom stereocenters. The summed E-state index contributed by atoms with van der Waals surface area (Å²) in [4.78, 5) is 0. The van der Waals surface area contributed by atoms with E-state index >= 15 is 0 Å². The predicted octanol–water partition coefficient (Wildman–Crippen LogP) is 3.66. The lowest BCUT2D eigenvalue weighted by molar-refractivity contribution is 0.352. The first kappa shape index (κ1) is 13.4. The molecule has 0 saturated carbocycles. The fourth-order valence-electron chi connectivity index (χ4n) is 2.59. The van der Waals surface area contributed by atoms with Gasteiger partial charge in [-0.15, -0.1) is 0 Å². The molecule has 0 aliphatic carbocycles. The molecule has 0 saturated heterocycles. The lowest BCUT2D eigenvalue weighted by Gasteiger charge is -2.15. The molecule has 0 radical (unpaired) electrons. The van der Waals surface area contributed by atoms with Crippen molar-refractivity contribution in [2.45, 2.75) is 18.9 Å². The van der Waals surface area contributed by atoms with Gasteiger partial charge in [0, 0.05) is 17.5 Å². The Hall–Kier alpha value is -1.58. The van der Waals surface area contributed by atoms with Crippen molar-refractivity contribution in [1.29, 1.82) is 0 Å². The highest BCUT2D eigenvalue weighted by Gasteiger charge is 2.19. The van der Waals surface area contributed by atoms with Gasteiger partial charge in [0.15, 0.2) is 0 Å². The van der Waals surface area contributed by atoms with Gasteiger partial charge in [0.25, 0.3) is 0 Å². The average Bonchev–Trinajstić information content (AvgIpc) is 2.86. The predicted molar refractivity (Wildman–Crippen MR) is 77.7 cm³/mol. The van der Waals surface area contributed by atoms with Crippen LogP contribution in [0.2, 0.25) is 5.02 Å². The van der Waals surface area contributed by atoms with Crippen LogP contribution in [0.4, 0.5) is 4.39 Å². The fourth-order valence-corrected chi connectivity index (χ4v) is 2.85. The van der Waals surface area contributed by atoms with Crippen LogP contribution in [0.3, 0.4) is 0 Å². The third kappa shape index (κ3) is 2.65. The number of ether oxygens (including phenoxy) is 1. The van der Waals surface area contributed by atoms with Gasteiger partial charge < -0.3 is 10.5 Å². The van der Waals surface area contributed by atoms with Gasteiger partial charge in [0.2, 0.25) is 0 Å². The number of hydrogen-bond donors (Lipinski definition) is 1. The molecule has 0 spiro atoms. The van der Waals surface area contributed by atoms with E-state index in [1.54, 1.807) is 6.07 Å². The van der Waals surface area contributed by atoms with Crippen molar-refractivity contribution in [3.63, 3.8) is 0 Å². The molecule has 1 aliphatic heterocycles. The third-order valence-corrected chi connectivity index (χ3v) is 3.76. The minimum atomic E-state index is -0.280. The molecule has 2 nitrogen and oxygen atoms in total. The summed E-state index contributed by atoms with van der Waals surface area (Å²) in [5, 5.41) is 0.690. The molecule has 0 aromatic heterocycles. The lowest BCUT2D eigenvalue weighted by Crippen LogP contribution is -2.14. The molecule has 104 valence electrons. The Morgan fingerprint density at radius 1 is 1.30 bits per heavy atom. The summed E-state index contributed by atoms with van der Waals surface area (Å²) in [7, 11) is 0. The molecule has 3 rings (SSSR count). The SMILES string of the molecule is NC(Cc1cc(Cl)cc2c1OCC2)c1cccc(F)c1. The maximum atomic E-state index is 13.2. The second-order valence-electron chi connectivity index (χ2n) is 5.02. The van der Waals surface area contributed by atoms with Crippen LogP contribution in [-0.2, 0) is 12.8 Å². The van der Waals surface area contributed by atoms with Gasteiger partial charge in [-0.05, 0) is 47.4 Å². The Labute approximate surface area is 122 Å². The van der Waals surface area contributed by atoms with Crippen molar-refractivity contribution in [2.75, 3.05) is 6.61 Å². The van der Waals surface area contributed by atoms with Crippen molar-refractivity contribution in [3.8, 4) is 5.75 Å². The summed E-state index contributed by atoms with van der Waals surface area (Å²) >= 11 is 6.13. The minimum absolute atomic E-state index is 0.273. The van der Waals surface area contributed by atoms with Crippen LogP contribution >= 0.6 is 11.6 Å². The van der Waals surface area contributed by atoms with E-state index < -0.39 is 0 Å². The zero-order chi connectivity index (χ0) is 14.1. The van der Waals surface area contributed by atoms with E-state index in [0.29, 0.717) is 18.1 Å². The number of rotatable bonds is 3. The zero-order valence-electron chi connectivity index (χ0n) is 10.9. The van der Waals surface area contributed by atoms with Crippen molar-refractivity contribution in [1.82, 2.24) is 0 Å². The number of nitrogens with two attached hydrogens (primary N) is 1. The average molecular weight is 292 g/mol. The fraction of sp³-hybridized carbons (Fsp3) is 0.250. The second-order valence-corrected chi connectivity index (χ2v) is 5.45. The molecule has 2 aromatic rings. The van der Waals surface area contributed by atoms with E-state index in [0.717, 1.165) is 28.9 Å². The summed E-state index contributed by atoms with van der Waals surface area (Å²) in [6, 6.07) is 9.92. The molecule has 1 aliphatic rings. The summed E-state index contributed by atoms with van der Waals surface area (Å²) < 4.78 is 18.9. The first-order valence-corrected chi connectivity index (χ1v) is 6.96. The Morgan fingerprint density at radius 3 is 2.95 bits per heavy atom. The van der Waals surface area contributed by atoms with Gasteiger partial charge >= 0.3 is 0 Å². The van der Waals surface area contributed by atoms with Gasteiger partial charge in [0.1, 0.15) is 11.6 Å². The van der Waals surface area contributed by atoms with E-state index in [-0.39, 0.29) is 11.9 Å². The minimum Gasteiger partial charge on any atom is -0.493 e. The smallest absolute Gasteiger partial charge is 0.125 e. The topological polar surface area (TPSA) is 35.2 Å². The largest absolute Gasteiger partial charge is 0.493 e. The van der Waals surface area contributed by atoms with Crippen LogP contribution in [0.15, 0.2) is 36.4 Å². The second kappa shape index (κ2) is 5.43. The van der Waals surface area contributed by atoms with Crippen molar-refractivity contribution < 1.29 is 9.13 Å². The molecule has 20 heavy (non-hydrogen) atoms. The van der Waals surface area contributed by atoms with Crippen LogP contribution in [0.25, 0.3) is 0 Å². The third-order valence-electron chi connectivity index (χ3n) is 3.54. The van der Waals surface area contributed by atoms with Gasteiger partial charge in [-0.2, -0.15) is 0 Å². The summed E-state index contributed by atoms with van der Waals surface area (Å²) in [6.07, 6.45) is 1.45. The Kier molecular flexibility index (Phi) is 3.64. The molecule has 1 unspecified atom stereocenters. The van der Waals surface area contributed by atoms with Crippen LogP contribution in [-0.4, -0.2) is 6.61 Å². The zero-order valence-corrected chi connectivity index (χ0v) is 11.7. The van der Waals surface area contributed by atoms with Crippen LogP contribution in [0.1, 0.15) is 22.7 Å². The van der Waals surface area contributed by atoms with E-state index in [4.69, 9.17) is 22.1 Å². The molecular formula is C16H15ClFNO. The lowest BCUT2D eigenvalue weighted by atomic mass is 9.97. The molecule has 0 bridgehead atoms. The van der Waals surface area contributed by atoms with E-state index in [1.165, 1.54) is 12.1 Å². The van der Waals surface area contributed by atoms with E-state index in [2.05, 4.69) is 0 Å². The van der Waals surface area contributed by atoms with Crippen molar-refractivity contribution in [3.05, 3.63) is 63.9 Å². The maximum absolute atomic E-state index is 13.2. The molecule has 2 N–H and O–H groups in total. The number of benzene rings is 2. The molecule has 2 aromatic carbocycles. The highest BCUT2D eigenvalue weighted by Crippen LogP contribution is 2.34. The van der Waals surface area contributed by atoms with Crippen LogP contribution in [0, 0.1) is 5.82 Å². The molecule has 0 fully saturated rings. The van der Waals surface area contributed by atoms with Gasteiger partial charge in [-0.3, -0.25) is 0 Å². The Morgan fingerprint density at radius 2 is 2.15 bits per heavy atom. The monoisotopic (exact) mass is 291 g/mol. The highest BCUT2D eigenvalue weighted by molar-refractivity contribution is 6.30. The number of fused-ring (bicyclic) bond motifs is 1. The summed E-state index contributed by atoms with van der Waals surface area (Å²) in [5.41, 5.74) is 9.06. The number of halogens is 2. The van der Waals surface area contributed by atoms with Crippen LogP contribution in [0.5, 0.6) is 5.75 Å². The van der Waals surface area contributed by atoms with Crippen molar-refractivity contribution in [2.24, 2.45) is 5.73 Å². The standard InChI is InChI=1S/C16H15ClFNO/c17-13-6-11-4-5-20-16(11)12(7-13)9-15(19)10-2-1-3-14(18)8-10/h1-3,6-8,15H,4-5,9,19H2. The Bertz CT molecular complexity index is 644. The molecule has 1 heterocycles. The van der Waals surface area contributed by atoms with Gasteiger partial charge in [-0.25, -0.2) is 4.39 Å². The summed E-state index contributed by atoms with van der Waals surface area (Å²) in [6.45, 7) is 0.678. The Balaban J connectivity index is 1.88. The first-order valence-electron chi connectivity index (χ1n) is 6.58. The molecule has 0 amide bonds. The van der Waals surface area contributed by atoms with Gasteiger partial charge in [-0.1, -0.05) is 23.7 Å². The number of hydrogen-bond acceptors (Lipinski definition) is 2.